The van der Waals surface area contributed by atoms with E-state index in [9.17, 15) is 4.79 Å². The van der Waals surface area contributed by atoms with Gasteiger partial charge >= 0.3 is 0 Å². The number of aromatic nitrogens is 2. The molecular formula is C19H26N2OS. The lowest BCUT2D eigenvalue weighted by Gasteiger charge is -2.36. The highest BCUT2D eigenvalue weighted by Gasteiger charge is 2.41. The van der Waals surface area contributed by atoms with Gasteiger partial charge in [0.25, 0.3) is 0 Å². The second-order valence-electron chi connectivity index (χ2n) is 5.96. The molecule has 0 bridgehead atoms. The number of H-pyrrole nitrogens is 2. The summed E-state index contributed by atoms with van der Waals surface area (Å²) in [4.78, 5) is 19.2. The third-order valence-electron chi connectivity index (χ3n) is 4.53. The number of hydrogen-bond acceptors (Lipinski definition) is 2. The van der Waals surface area contributed by atoms with Crippen LogP contribution in [0.4, 0.5) is 0 Å². The molecule has 0 spiro atoms. The number of benzene rings is 1. The number of carbonyl (C=O) groups is 1. The highest BCUT2D eigenvalue weighted by atomic mass is 32.1. The number of nitrogens with one attached hydrogen (secondary N) is 2. The molecule has 1 heterocycles. The molecule has 2 aromatic rings. The lowest BCUT2D eigenvalue weighted by molar-refractivity contribution is 0.0732. The van der Waals surface area contributed by atoms with Gasteiger partial charge in [-0.05, 0) is 37.0 Å². The molecule has 3 rings (SSSR count). The Morgan fingerprint density at radius 1 is 1.26 bits per heavy atom. The molecule has 1 aliphatic rings. The Bertz CT molecular complexity index is 716. The predicted molar refractivity (Wildman–Crippen MR) is 97.5 cm³/mol. The van der Waals surface area contributed by atoms with Crippen LogP contribution in [0.5, 0.6) is 0 Å². The second-order valence-corrected chi connectivity index (χ2v) is 6.37. The Morgan fingerprint density at radius 2 is 2.00 bits per heavy atom. The fourth-order valence-electron chi connectivity index (χ4n) is 3.54. The minimum Gasteiger partial charge on any atom is -0.337 e. The van der Waals surface area contributed by atoms with E-state index in [0.29, 0.717) is 10.6 Å². The van der Waals surface area contributed by atoms with Gasteiger partial charge in [0.2, 0.25) is 0 Å². The number of fused-ring (bicyclic) bond motifs is 1. The van der Waals surface area contributed by atoms with Crippen molar-refractivity contribution in [1.29, 1.82) is 0 Å². The quantitative estimate of drug-likeness (QED) is 0.752. The summed E-state index contributed by atoms with van der Waals surface area (Å²) >= 11 is 5.10. The van der Waals surface area contributed by atoms with Crippen molar-refractivity contribution in [3.63, 3.8) is 0 Å². The zero-order chi connectivity index (χ0) is 16.9. The van der Waals surface area contributed by atoms with Crippen LogP contribution >= 0.6 is 12.2 Å². The largest absolute Gasteiger partial charge is 0.337 e. The van der Waals surface area contributed by atoms with E-state index in [4.69, 9.17) is 12.2 Å². The highest BCUT2D eigenvalue weighted by molar-refractivity contribution is 7.71. The molecule has 4 heteroatoms. The summed E-state index contributed by atoms with van der Waals surface area (Å²) in [6.45, 7) is 6.15. The first-order valence-corrected chi connectivity index (χ1v) is 8.95. The summed E-state index contributed by atoms with van der Waals surface area (Å²) in [5.74, 6) is 0.298. The Morgan fingerprint density at radius 3 is 2.65 bits per heavy atom. The molecule has 0 saturated heterocycles. The molecule has 3 nitrogen and oxygen atoms in total. The third kappa shape index (κ3) is 3.63. The monoisotopic (exact) mass is 330 g/mol. The smallest absolute Gasteiger partial charge is 0.174 e. The van der Waals surface area contributed by atoms with Gasteiger partial charge in [-0.15, -0.1) is 0 Å². The maximum atomic E-state index is 13.1. The van der Waals surface area contributed by atoms with Crippen LogP contribution in [-0.2, 0) is 12.8 Å². The number of hydrogen-bond donors (Lipinski definition) is 2. The minimum absolute atomic E-state index is 0.288. The fourth-order valence-corrected chi connectivity index (χ4v) is 3.73. The predicted octanol–water partition coefficient (Wildman–Crippen LogP) is 5.26. The van der Waals surface area contributed by atoms with Gasteiger partial charge in [0, 0.05) is 29.3 Å². The van der Waals surface area contributed by atoms with Gasteiger partial charge in [0.05, 0.1) is 0 Å². The van der Waals surface area contributed by atoms with Crippen LogP contribution in [0.25, 0.3) is 0 Å². The molecule has 1 unspecified atom stereocenters. The van der Waals surface area contributed by atoms with E-state index in [1.54, 1.807) is 0 Å². The molecule has 23 heavy (non-hydrogen) atoms. The van der Waals surface area contributed by atoms with Gasteiger partial charge in [-0.25, -0.2) is 0 Å². The second kappa shape index (κ2) is 7.73. The van der Waals surface area contributed by atoms with Crippen molar-refractivity contribution in [2.75, 3.05) is 0 Å². The van der Waals surface area contributed by atoms with E-state index in [0.717, 1.165) is 43.4 Å². The molecule has 1 aromatic heterocycles. The van der Waals surface area contributed by atoms with Gasteiger partial charge in [-0.1, -0.05) is 51.5 Å². The molecule has 0 radical (unpaired) electrons. The molecule has 1 atom stereocenters. The standard InChI is InChI=1S/C17H20N2OS.C2H6/c1-2-8-17(10-13-11-18-16(21)19-13)9-7-12-5-3-4-6-14(12)15(17)20;1-2/h3-6,11H,2,7-10H2,1H3,(H2,18,19,21);1-2H3. The fraction of sp³-hybridized carbons (Fsp3) is 0.474. The number of imidazole rings is 1. The Hall–Kier alpha value is -1.68. The van der Waals surface area contributed by atoms with Crippen LogP contribution in [0.15, 0.2) is 30.5 Å². The molecule has 124 valence electrons. The van der Waals surface area contributed by atoms with Crippen molar-refractivity contribution >= 4 is 18.0 Å². The Balaban J connectivity index is 0.000000924. The van der Waals surface area contributed by atoms with E-state index in [1.165, 1.54) is 5.56 Å². The number of rotatable bonds is 4. The van der Waals surface area contributed by atoms with Gasteiger partial charge < -0.3 is 9.97 Å². The van der Waals surface area contributed by atoms with E-state index >= 15 is 0 Å². The summed E-state index contributed by atoms with van der Waals surface area (Å²) in [6, 6.07) is 8.03. The summed E-state index contributed by atoms with van der Waals surface area (Å²) in [5.41, 5.74) is 2.84. The molecule has 2 N–H and O–H groups in total. The molecule has 1 aliphatic carbocycles. The van der Waals surface area contributed by atoms with Gasteiger partial charge in [-0.2, -0.15) is 0 Å². The Labute approximate surface area is 143 Å². The molecule has 0 amide bonds. The van der Waals surface area contributed by atoms with Crippen molar-refractivity contribution in [3.8, 4) is 0 Å². The van der Waals surface area contributed by atoms with Crippen LogP contribution in [0.2, 0.25) is 0 Å². The van der Waals surface area contributed by atoms with Gasteiger partial charge in [0.1, 0.15) is 0 Å². The van der Waals surface area contributed by atoms with Crippen LogP contribution in [0, 0.1) is 10.2 Å². The van der Waals surface area contributed by atoms with Crippen LogP contribution < -0.4 is 0 Å². The topological polar surface area (TPSA) is 48.6 Å². The van der Waals surface area contributed by atoms with Crippen molar-refractivity contribution in [2.24, 2.45) is 5.41 Å². The zero-order valence-corrected chi connectivity index (χ0v) is 15.1. The van der Waals surface area contributed by atoms with Crippen molar-refractivity contribution in [3.05, 3.63) is 52.1 Å². The van der Waals surface area contributed by atoms with Crippen LogP contribution in [0.1, 0.15) is 61.6 Å². The van der Waals surface area contributed by atoms with Crippen molar-refractivity contribution < 1.29 is 4.79 Å². The number of aryl methyl sites for hydroxylation is 1. The van der Waals surface area contributed by atoms with Crippen molar-refractivity contribution in [2.45, 2.75) is 52.9 Å². The maximum Gasteiger partial charge on any atom is 0.174 e. The van der Waals surface area contributed by atoms with Gasteiger partial charge in [0.15, 0.2) is 10.6 Å². The van der Waals surface area contributed by atoms with Crippen molar-refractivity contribution in [1.82, 2.24) is 9.97 Å². The number of aromatic amines is 2. The summed E-state index contributed by atoms with van der Waals surface area (Å²) in [6.07, 6.45) is 6.47. The third-order valence-corrected chi connectivity index (χ3v) is 4.75. The first-order valence-electron chi connectivity index (χ1n) is 8.54. The highest BCUT2D eigenvalue weighted by Crippen LogP contribution is 2.41. The first kappa shape index (κ1) is 17.7. The zero-order valence-electron chi connectivity index (χ0n) is 14.2. The van der Waals surface area contributed by atoms with E-state index in [1.807, 2.05) is 38.2 Å². The molecule has 0 aliphatic heterocycles. The minimum atomic E-state index is -0.288. The number of carbonyl (C=O) groups excluding carboxylic acids is 1. The average molecular weight is 330 g/mol. The van der Waals surface area contributed by atoms with E-state index in [2.05, 4.69) is 23.0 Å². The molecule has 0 saturated carbocycles. The lowest BCUT2D eigenvalue weighted by atomic mass is 9.66. The van der Waals surface area contributed by atoms with Crippen LogP contribution in [-0.4, -0.2) is 15.8 Å². The summed E-state index contributed by atoms with van der Waals surface area (Å²) < 4.78 is 0.625. The van der Waals surface area contributed by atoms with E-state index < -0.39 is 0 Å². The summed E-state index contributed by atoms with van der Waals surface area (Å²) in [5, 5.41) is 0. The number of ketones is 1. The van der Waals surface area contributed by atoms with Crippen LogP contribution in [0.3, 0.4) is 0 Å². The molecule has 1 aromatic carbocycles. The van der Waals surface area contributed by atoms with E-state index in [-0.39, 0.29) is 5.41 Å². The van der Waals surface area contributed by atoms with Gasteiger partial charge in [-0.3, -0.25) is 4.79 Å². The first-order chi connectivity index (χ1) is 11.1. The number of Topliss-reactive ketones (excluding diaryl/α,β-unsaturated/α-hetero) is 1. The normalized spacial score (nSPS) is 19.7. The lowest BCUT2D eigenvalue weighted by Crippen LogP contribution is -2.38. The summed E-state index contributed by atoms with van der Waals surface area (Å²) in [7, 11) is 0. The average Bonchev–Trinajstić information content (AvgIpc) is 2.98. The molecule has 0 fully saturated rings. The molecular weight excluding hydrogens is 304 g/mol. The maximum absolute atomic E-state index is 13.1. The Kier molecular flexibility index (Phi) is 5.94. The SMILES string of the molecule is CC.CCCC1(Cc2c[nH]c(=S)[nH]2)CCc2ccccc2C1=O.